The highest BCUT2D eigenvalue weighted by molar-refractivity contribution is 7.10. The molecule has 0 bridgehead atoms. The van der Waals surface area contributed by atoms with Crippen LogP contribution in [0.2, 0.25) is 0 Å². The summed E-state index contributed by atoms with van der Waals surface area (Å²) in [6.45, 7) is 3.72. The summed E-state index contributed by atoms with van der Waals surface area (Å²) in [4.78, 5) is 11.5. The van der Waals surface area contributed by atoms with E-state index in [-0.39, 0.29) is 11.8 Å². The van der Waals surface area contributed by atoms with E-state index in [0.717, 1.165) is 4.88 Å². The molecule has 84 valence electrons. The molecule has 0 spiro atoms. The van der Waals surface area contributed by atoms with Gasteiger partial charge >= 0.3 is 5.97 Å². The highest BCUT2D eigenvalue weighted by Gasteiger charge is 2.26. The van der Waals surface area contributed by atoms with Gasteiger partial charge in [0.2, 0.25) is 0 Å². The molecule has 1 heterocycles. The van der Waals surface area contributed by atoms with E-state index in [1.807, 2.05) is 31.4 Å². The molecule has 0 aliphatic carbocycles. The fraction of sp³-hybridized carbons (Fsp3) is 0.545. The summed E-state index contributed by atoms with van der Waals surface area (Å²) >= 11 is 1.49. The maximum Gasteiger partial charge on any atom is 0.303 e. The minimum Gasteiger partial charge on any atom is -0.481 e. The molecule has 1 aromatic rings. The largest absolute Gasteiger partial charge is 0.481 e. The topological polar surface area (TPSA) is 57.5 Å². The van der Waals surface area contributed by atoms with Crippen LogP contribution in [0.1, 0.15) is 37.7 Å². The van der Waals surface area contributed by atoms with Crippen molar-refractivity contribution in [2.75, 3.05) is 0 Å². The molecule has 0 amide bonds. The Morgan fingerprint density at radius 2 is 2.27 bits per heavy atom. The number of aliphatic hydroxyl groups is 1. The Kier molecular flexibility index (Phi) is 3.88. The zero-order valence-electron chi connectivity index (χ0n) is 8.93. The van der Waals surface area contributed by atoms with Crippen LogP contribution >= 0.6 is 11.3 Å². The molecule has 1 atom stereocenters. The number of hydrogen-bond acceptors (Lipinski definition) is 3. The summed E-state index contributed by atoms with van der Waals surface area (Å²) in [6.07, 6.45) is -0.00532. The molecule has 0 aliphatic heterocycles. The Morgan fingerprint density at radius 3 is 2.73 bits per heavy atom. The summed E-state index contributed by atoms with van der Waals surface area (Å²) in [5.41, 5.74) is -0.380. The van der Waals surface area contributed by atoms with Gasteiger partial charge in [0.15, 0.2) is 0 Å². The van der Waals surface area contributed by atoms with Gasteiger partial charge in [0, 0.05) is 4.88 Å². The van der Waals surface area contributed by atoms with E-state index in [9.17, 15) is 9.90 Å². The molecule has 0 radical (unpaired) electrons. The summed E-state index contributed by atoms with van der Waals surface area (Å²) < 4.78 is 0. The van der Waals surface area contributed by atoms with Crippen LogP contribution in [0, 0.1) is 5.41 Å². The number of rotatable bonds is 5. The van der Waals surface area contributed by atoms with Crippen LogP contribution in [0.4, 0.5) is 0 Å². The zero-order chi connectivity index (χ0) is 11.5. The lowest BCUT2D eigenvalue weighted by molar-refractivity contribution is -0.139. The summed E-state index contributed by atoms with van der Waals surface area (Å²) in [5.74, 6) is -0.821. The van der Waals surface area contributed by atoms with E-state index >= 15 is 0 Å². The number of carboxylic acid groups (broad SMARTS) is 1. The molecule has 3 nitrogen and oxygen atoms in total. The lowest BCUT2D eigenvalue weighted by Gasteiger charge is -2.24. The molecule has 0 saturated carbocycles. The first-order chi connectivity index (χ1) is 6.91. The van der Waals surface area contributed by atoms with Crippen molar-refractivity contribution in [3.63, 3.8) is 0 Å². The first kappa shape index (κ1) is 12.2. The quantitative estimate of drug-likeness (QED) is 0.814. The van der Waals surface area contributed by atoms with Crippen molar-refractivity contribution in [1.29, 1.82) is 0 Å². The molecule has 15 heavy (non-hydrogen) atoms. The minimum absolute atomic E-state index is 0.0788. The third-order valence-corrected chi connectivity index (χ3v) is 3.22. The van der Waals surface area contributed by atoms with E-state index in [4.69, 9.17) is 5.11 Å². The smallest absolute Gasteiger partial charge is 0.303 e. The van der Waals surface area contributed by atoms with Gasteiger partial charge in [-0.1, -0.05) is 19.9 Å². The van der Waals surface area contributed by atoms with Gasteiger partial charge in [-0.3, -0.25) is 4.79 Å². The van der Waals surface area contributed by atoms with Gasteiger partial charge in [0.1, 0.15) is 0 Å². The van der Waals surface area contributed by atoms with Gasteiger partial charge in [0.25, 0.3) is 0 Å². The second kappa shape index (κ2) is 4.77. The fourth-order valence-electron chi connectivity index (χ4n) is 1.59. The van der Waals surface area contributed by atoms with Crippen LogP contribution < -0.4 is 0 Å². The zero-order valence-corrected chi connectivity index (χ0v) is 9.75. The number of aliphatic carboxylic acids is 1. The lowest BCUT2D eigenvalue weighted by Crippen LogP contribution is -2.19. The molecule has 0 aliphatic rings. The van der Waals surface area contributed by atoms with Gasteiger partial charge in [-0.05, 0) is 23.3 Å². The minimum atomic E-state index is -0.821. The fourth-order valence-corrected chi connectivity index (χ4v) is 2.30. The predicted molar refractivity (Wildman–Crippen MR) is 59.9 cm³/mol. The van der Waals surface area contributed by atoms with Gasteiger partial charge in [-0.2, -0.15) is 0 Å². The number of aliphatic hydroxyl groups excluding tert-OH is 1. The molecule has 2 N–H and O–H groups in total. The SMILES string of the molecule is CC(C)(CC(=O)O)CC(O)c1cccs1. The van der Waals surface area contributed by atoms with Crippen molar-refractivity contribution in [1.82, 2.24) is 0 Å². The molecule has 0 fully saturated rings. The van der Waals surface area contributed by atoms with E-state index in [1.54, 1.807) is 0 Å². The molecular formula is C11H16O3S. The summed E-state index contributed by atoms with van der Waals surface area (Å²) in [6, 6.07) is 3.75. The Bertz CT molecular complexity index is 317. The first-order valence-corrected chi connectivity index (χ1v) is 5.72. The van der Waals surface area contributed by atoms with Crippen molar-refractivity contribution in [2.45, 2.75) is 32.8 Å². The van der Waals surface area contributed by atoms with Crippen LogP contribution in [0.5, 0.6) is 0 Å². The second-order valence-electron chi connectivity index (χ2n) is 4.47. The summed E-state index contributed by atoms with van der Waals surface area (Å²) in [5, 5.41) is 20.5. The molecule has 1 unspecified atom stereocenters. The third-order valence-electron chi connectivity index (χ3n) is 2.25. The van der Waals surface area contributed by atoms with Crippen LogP contribution in [0.25, 0.3) is 0 Å². The van der Waals surface area contributed by atoms with Crippen molar-refractivity contribution in [3.8, 4) is 0 Å². The molecule has 1 aromatic heterocycles. The van der Waals surface area contributed by atoms with Crippen molar-refractivity contribution in [3.05, 3.63) is 22.4 Å². The van der Waals surface area contributed by atoms with E-state index in [1.165, 1.54) is 11.3 Å². The Morgan fingerprint density at radius 1 is 1.60 bits per heavy atom. The molecule has 0 saturated heterocycles. The molecule has 1 rings (SSSR count). The van der Waals surface area contributed by atoms with Gasteiger partial charge in [-0.15, -0.1) is 11.3 Å². The number of carbonyl (C=O) groups is 1. The number of hydrogen-bond donors (Lipinski definition) is 2. The van der Waals surface area contributed by atoms with Crippen molar-refractivity contribution >= 4 is 17.3 Å². The standard InChI is InChI=1S/C11H16O3S/c1-11(2,7-10(13)14)6-8(12)9-4-3-5-15-9/h3-5,8,12H,6-7H2,1-2H3,(H,13,14). The average molecular weight is 228 g/mol. The average Bonchev–Trinajstić information content (AvgIpc) is 2.50. The van der Waals surface area contributed by atoms with Gasteiger partial charge < -0.3 is 10.2 Å². The van der Waals surface area contributed by atoms with E-state index in [2.05, 4.69) is 0 Å². The molecule has 4 heteroatoms. The van der Waals surface area contributed by atoms with Crippen LogP contribution in [0.3, 0.4) is 0 Å². The van der Waals surface area contributed by atoms with Crippen molar-refractivity contribution in [2.24, 2.45) is 5.41 Å². The third kappa shape index (κ3) is 4.01. The van der Waals surface area contributed by atoms with Crippen LogP contribution in [-0.2, 0) is 4.79 Å². The maximum absolute atomic E-state index is 10.6. The maximum atomic E-state index is 10.6. The van der Waals surface area contributed by atoms with Crippen LogP contribution in [0.15, 0.2) is 17.5 Å². The normalized spacial score (nSPS) is 13.8. The highest BCUT2D eigenvalue weighted by atomic mass is 32.1. The van der Waals surface area contributed by atoms with E-state index in [0.29, 0.717) is 6.42 Å². The number of thiophene rings is 1. The molecular weight excluding hydrogens is 212 g/mol. The van der Waals surface area contributed by atoms with E-state index < -0.39 is 12.1 Å². The predicted octanol–water partition coefficient (Wildman–Crippen LogP) is 2.67. The number of carboxylic acids is 1. The Balaban J connectivity index is 2.57. The first-order valence-electron chi connectivity index (χ1n) is 4.84. The van der Waals surface area contributed by atoms with Crippen LogP contribution in [-0.4, -0.2) is 16.2 Å². The molecule has 0 aromatic carbocycles. The lowest BCUT2D eigenvalue weighted by atomic mass is 9.83. The van der Waals surface area contributed by atoms with Gasteiger partial charge in [-0.25, -0.2) is 0 Å². The Hall–Kier alpha value is -0.870. The highest BCUT2D eigenvalue weighted by Crippen LogP contribution is 2.34. The Labute approximate surface area is 93.4 Å². The second-order valence-corrected chi connectivity index (χ2v) is 5.45. The van der Waals surface area contributed by atoms with Gasteiger partial charge in [0.05, 0.1) is 12.5 Å². The monoisotopic (exact) mass is 228 g/mol. The van der Waals surface area contributed by atoms with Crippen molar-refractivity contribution < 1.29 is 15.0 Å². The summed E-state index contributed by atoms with van der Waals surface area (Å²) in [7, 11) is 0.